The number of rotatable bonds is 9. The van der Waals surface area contributed by atoms with Gasteiger partial charge in [-0.25, -0.2) is 4.98 Å². The number of thiazole rings is 1. The molecule has 1 aliphatic rings. The van der Waals surface area contributed by atoms with Gasteiger partial charge in [0.05, 0.1) is 23.5 Å². The molecule has 1 saturated carbocycles. The zero-order valence-corrected chi connectivity index (χ0v) is 20.0. The molecule has 0 amide bonds. The van der Waals surface area contributed by atoms with Crippen molar-refractivity contribution in [2.75, 3.05) is 26.0 Å². The third-order valence-corrected chi connectivity index (χ3v) is 7.49. The third-order valence-electron chi connectivity index (χ3n) is 6.57. The maximum atomic E-state index is 6.45. The molecule has 0 saturated heterocycles. The van der Waals surface area contributed by atoms with E-state index in [0.29, 0.717) is 6.04 Å². The van der Waals surface area contributed by atoms with E-state index in [9.17, 15) is 0 Å². The van der Waals surface area contributed by atoms with Crippen LogP contribution in [0.2, 0.25) is 0 Å². The van der Waals surface area contributed by atoms with Gasteiger partial charge in [0.25, 0.3) is 0 Å². The van der Waals surface area contributed by atoms with Crippen LogP contribution in [-0.4, -0.2) is 40.8 Å². The van der Waals surface area contributed by atoms with Crippen molar-refractivity contribution in [3.63, 3.8) is 0 Å². The van der Waals surface area contributed by atoms with Crippen LogP contribution in [0.25, 0.3) is 21.5 Å². The number of ether oxygens (including phenoxy) is 1. The lowest BCUT2D eigenvalue weighted by molar-refractivity contribution is 0.124. The average molecular weight is 441 g/mol. The van der Waals surface area contributed by atoms with Gasteiger partial charge in [0.15, 0.2) is 0 Å². The van der Waals surface area contributed by atoms with Crippen molar-refractivity contribution in [2.24, 2.45) is 5.92 Å². The molecule has 4 rings (SSSR count). The van der Waals surface area contributed by atoms with E-state index < -0.39 is 0 Å². The normalized spacial score (nSPS) is 15.5. The molecule has 2 heterocycles. The third kappa shape index (κ3) is 5.13. The molecule has 31 heavy (non-hydrogen) atoms. The Hall–Kier alpha value is -1.89. The summed E-state index contributed by atoms with van der Waals surface area (Å²) >= 11 is 1.74. The van der Waals surface area contributed by atoms with Gasteiger partial charge in [-0.15, -0.1) is 11.3 Å². The van der Waals surface area contributed by atoms with Crippen LogP contribution in [-0.2, 0) is 17.8 Å². The van der Waals surface area contributed by atoms with Crippen molar-refractivity contribution in [1.29, 1.82) is 0 Å². The van der Waals surface area contributed by atoms with E-state index in [-0.39, 0.29) is 0 Å². The monoisotopic (exact) mass is 440 g/mol. The smallest absolute Gasteiger partial charge is 0.125 e. The number of methoxy groups -OCH3 is 1. The van der Waals surface area contributed by atoms with Crippen molar-refractivity contribution >= 4 is 27.9 Å². The Balaban J connectivity index is 1.61. The summed E-state index contributed by atoms with van der Waals surface area (Å²) in [5.74, 6) is 0.754. The number of aromatic nitrogens is 2. The highest BCUT2D eigenvalue weighted by Crippen LogP contribution is 2.37. The van der Waals surface area contributed by atoms with Crippen molar-refractivity contribution < 1.29 is 4.74 Å². The Bertz CT molecular complexity index is 987. The minimum Gasteiger partial charge on any atom is -0.397 e. The van der Waals surface area contributed by atoms with Gasteiger partial charge in [-0.1, -0.05) is 31.4 Å². The van der Waals surface area contributed by atoms with Crippen LogP contribution in [0.5, 0.6) is 0 Å². The highest BCUT2D eigenvalue weighted by molar-refractivity contribution is 7.13. The molecule has 1 aromatic carbocycles. The number of nitrogens with two attached hydrogens (primary N) is 1. The Morgan fingerprint density at radius 2 is 2.06 bits per heavy atom. The maximum Gasteiger partial charge on any atom is 0.125 e. The summed E-state index contributed by atoms with van der Waals surface area (Å²) in [5.41, 5.74) is 10.8. The predicted molar refractivity (Wildman–Crippen MR) is 131 cm³/mol. The van der Waals surface area contributed by atoms with Gasteiger partial charge in [-0.2, -0.15) is 0 Å². The van der Waals surface area contributed by atoms with Crippen LogP contribution in [0.3, 0.4) is 0 Å². The fraction of sp³-hybridized carbons (Fsp3) is 0.560. The fourth-order valence-corrected chi connectivity index (χ4v) is 5.63. The first-order valence-corrected chi connectivity index (χ1v) is 12.5. The molecule has 2 N–H and O–H groups in total. The molecule has 0 unspecified atom stereocenters. The molecule has 5 nitrogen and oxygen atoms in total. The molecule has 0 atom stereocenters. The van der Waals surface area contributed by atoms with E-state index in [2.05, 4.69) is 47.0 Å². The van der Waals surface area contributed by atoms with Crippen LogP contribution >= 0.6 is 11.3 Å². The number of nitrogens with zero attached hydrogens (tertiary/aromatic N) is 3. The van der Waals surface area contributed by atoms with Gasteiger partial charge in [-0.05, 0) is 38.7 Å². The summed E-state index contributed by atoms with van der Waals surface area (Å²) in [6, 6.07) is 6.73. The topological polar surface area (TPSA) is 56.3 Å². The number of fused-ring (bicyclic) bond motifs is 1. The standard InChI is InChI=1S/C25H36N4OS/c1-18(2)28(12-13-30-3)15-20-17-31-25(27-20)22-16-29(14-19-8-5-4-6-9-19)24-21(22)10-7-11-23(24)26/h7,10-11,16-19H,4-6,8-9,12-15,26H2,1-3H3. The number of hydrogen-bond acceptors (Lipinski definition) is 5. The van der Waals surface area contributed by atoms with E-state index in [1.165, 1.54) is 48.6 Å². The van der Waals surface area contributed by atoms with Crippen molar-refractivity contribution in [3.8, 4) is 10.6 Å². The lowest BCUT2D eigenvalue weighted by Crippen LogP contribution is -2.33. The maximum absolute atomic E-state index is 6.45. The van der Waals surface area contributed by atoms with Gasteiger partial charge in [0, 0.05) is 55.3 Å². The van der Waals surface area contributed by atoms with Crippen LogP contribution in [0, 0.1) is 5.92 Å². The van der Waals surface area contributed by atoms with Crippen molar-refractivity contribution in [3.05, 3.63) is 35.5 Å². The molecule has 0 radical (unpaired) electrons. The zero-order chi connectivity index (χ0) is 21.8. The number of hydrogen-bond donors (Lipinski definition) is 1. The Morgan fingerprint density at radius 3 is 2.81 bits per heavy atom. The first-order chi connectivity index (χ1) is 15.1. The summed E-state index contributed by atoms with van der Waals surface area (Å²) < 4.78 is 7.68. The van der Waals surface area contributed by atoms with Gasteiger partial charge in [0.2, 0.25) is 0 Å². The summed E-state index contributed by atoms with van der Waals surface area (Å²) in [4.78, 5) is 7.44. The molecule has 3 aromatic rings. The number of anilines is 1. The number of nitrogen functional groups attached to an aromatic ring is 1. The molecular formula is C25H36N4OS. The zero-order valence-electron chi connectivity index (χ0n) is 19.1. The highest BCUT2D eigenvalue weighted by atomic mass is 32.1. The molecule has 1 aliphatic carbocycles. The van der Waals surface area contributed by atoms with E-state index in [1.54, 1.807) is 18.4 Å². The van der Waals surface area contributed by atoms with E-state index >= 15 is 0 Å². The second-order valence-electron chi connectivity index (χ2n) is 9.14. The van der Waals surface area contributed by atoms with Gasteiger partial charge in [0.1, 0.15) is 5.01 Å². The largest absolute Gasteiger partial charge is 0.397 e. The molecule has 0 aliphatic heterocycles. The van der Waals surface area contributed by atoms with Gasteiger partial charge >= 0.3 is 0 Å². The van der Waals surface area contributed by atoms with E-state index in [1.807, 2.05) is 6.07 Å². The molecule has 1 fully saturated rings. The summed E-state index contributed by atoms with van der Waals surface area (Å²) in [6.07, 6.45) is 9.06. The van der Waals surface area contributed by atoms with Crippen LogP contribution < -0.4 is 5.73 Å². The first kappa shape index (κ1) is 22.3. The molecule has 0 spiro atoms. The van der Waals surface area contributed by atoms with E-state index in [0.717, 1.165) is 48.5 Å². The quantitative estimate of drug-likeness (QED) is 0.428. The van der Waals surface area contributed by atoms with E-state index in [4.69, 9.17) is 15.5 Å². The van der Waals surface area contributed by atoms with Crippen LogP contribution in [0.4, 0.5) is 5.69 Å². The summed E-state index contributed by atoms with van der Waals surface area (Å²) in [6.45, 7) is 8.01. The minimum atomic E-state index is 0.456. The second-order valence-corrected chi connectivity index (χ2v) is 10.0. The summed E-state index contributed by atoms with van der Waals surface area (Å²) in [5, 5.41) is 4.51. The molecule has 6 heteroatoms. The predicted octanol–water partition coefficient (Wildman–Crippen LogP) is 5.78. The Morgan fingerprint density at radius 1 is 1.26 bits per heavy atom. The van der Waals surface area contributed by atoms with Gasteiger partial charge < -0.3 is 15.0 Å². The number of benzene rings is 1. The second kappa shape index (κ2) is 10.2. The van der Waals surface area contributed by atoms with Crippen LogP contribution in [0.15, 0.2) is 29.8 Å². The molecular weight excluding hydrogens is 404 g/mol. The van der Waals surface area contributed by atoms with Crippen LogP contribution in [0.1, 0.15) is 51.6 Å². The average Bonchev–Trinajstić information content (AvgIpc) is 3.37. The molecule has 2 aromatic heterocycles. The fourth-order valence-electron chi connectivity index (χ4n) is 4.79. The minimum absolute atomic E-state index is 0.456. The lowest BCUT2D eigenvalue weighted by atomic mass is 9.89. The molecule has 0 bridgehead atoms. The first-order valence-electron chi connectivity index (χ1n) is 11.6. The SMILES string of the molecule is COCCN(Cc1csc(-c2cn(CC3CCCCC3)c3c(N)cccc23)n1)C(C)C. The molecule has 168 valence electrons. The number of para-hydroxylation sites is 1. The summed E-state index contributed by atoms with van der Waals surface area (Å²) in [7, 11) is 1.76. The van der Waals surface area contributed by atoms with Crippen molar-refractivity contribution in [2.45, 2.75) is 65.1 Å². The lowest BCUT2D eigenvalue weighted by Gasteiger charge is -2.25. The Kier molecular flexibility index (Phi) is 7.31. The van der Waals surface area contributed by atoms with Crippen molar-refractivity contribution in [1.82, 2.24) is 14.5 Å². The highest BCUT2D eigenvalue weighted by Gasteiger charge is 2.20. The van der Waals surface area contributed by atoms with Gasteiger partial charge in [-0.3, -0.25) is 4.90 Å². The Labute approximate surface area is 190 Å².